The normalized spacial score (nSPS) is 11.2. The van der Waals surface area contributed by atoms with Gasteiger partial charge in [0.1, 0.15) is 5.75 Å². The number of hydrogen-bond acceptors (Lipinski definition) is 5. The van der Waals surface area contributed by atoms with E-state index in [1.54, 1.807) is 30.3 Å². The lowest BCUT2D eigenvalue weighted by atomic mass is 10.1. The quantitative estimate of drug-likeness (QED) is 0.348. The molecule has 2 aromatic rings. The molecule has 0 aliphatic rings. The van der Waals surface area contributed by atoms with Gasteiger partial charge in [0.05, 0.1) is 22.0 Å². The summed E-state index contributed by atoms with van der Waals surface area (Å²) in [5, 5.41) is 14.3. The van der Waals surface area contributed by atoms with Crippen LogP contribution in [0.15, 0.2) is 35.5 Å². The lowest BCUT2D eigenvalue weighted by Gasteiger charge is -2.11. The summed E-state index contributed by atoms with van der Waals surface area (Å²) < 4.78 is 5.73. The van der Waals surface area contributed by atoms with Crippen molar-refractivity contribution >= 4 is 40.4 Å². The topological polar surface area (TPSA) is 96.9 Å². The number of anilines is 1. The van der Waals surface area contributed by atoms with Crippen molar-refractivity contribution < 1.29 is 14.7 Å². The zero-order valence-corrected chi connectivity index (χ0v) is 12.5. The maximum Gasteiger partial charge on any atom is 0.265 e. The van der Waals surface area contributed by atoms with E-state index in [9.17, 15) is 4.79 Å². The van der Waals surface area contributed by atoms with Crippen molar-refractivity contribution in [3.05, 3.63) is 45.1 Å². The average molecular weight is 326 g/mol. The van der Waals surface area contributed by atoms with Crippen LogP contribution in [0.3, 0.4) is 0 Å². The molecule has 0 atom stereocenters. The Bertz CT molecular complexity index is 700. The molecule has 21 heavy (non-hydrogen) atoms. The van der Waals surface area contributed by atoms with Gasteiger partial charge < -0.3 is 21.0 Å². The third kappa shape index (κ3) is 3.45. The number of amides is 1. The molecule has 1 aromatic heterocycles. The highest BCUT2D eigenvalue weighted by Crippen LogP contribution is 2.28. The van der Waals surface area contributed by atoms with Crippen molar-refractivity contribution in [3.8, 4) is 5.75 Å². The zero-order chi connectivity index (χ0) is 15.4. The van der Waals surface area contributed by atoms with Crippen molar-refractivity contribution in [3.63, 3.8) is 0 Å². The summed E-state index contributed by atoms with van der Waals surface area (Å²) in [4.78, 5) is 12.6. The van der Waals surface area contributed by atoms with Crippen LogP contribution >= 0.6 is 22.9 Å². The van der Waals surface area contributed by atoms with Crippen LogP contribution in [0.1, 0.15) is 15.2 Å². The predicted octanol–water partition coefficient (Wildman–Crippen LogP) is 2.76. The van der Waals surface area contributed by atoms with Crippen molar-refractivity contribution in [2.75, 3.05) is 12.4 Å². The monoisotopic (exact) mass is 325 g/mol. The van der Waals surface area contributed by atoms with E-state index in [0.29, 0.717) is 26.2 Å². The maximum absolute atomic E-state index is 12.1. The number of oxime groups is 1. The standard InChI is InChI=1S/C13H12ClN3O3S/c1-20-9-6-7(12(15)17-19)2-3-8(9)16-13(18)10-4-5-11(14)21-10/h2-6,19H,1H3,(H2,15,17)(H,16,18). The first kappa shape index (κ1) is 15.1. The number of halogens is 1. The third-order valence-corrected chi connectivity index (χ3v) is 3.88. The largest absolute Gasteiger partial charge is 0.495 e. The maximum atomic E-state index is 12.1. The number of methoxy groups -OCH3 is 1. The van der Waals surface area contributed by atoms with E-state index >= 15 is 0 Å². The summed E-state index contributed by atoms with van der Waals surface area (Å²) in [6, 6.07) is 8.07. The highest BCUT2D eigenvalue weighted by molar-refractivity contribution is 7.18. The van der Waals surface area contributed by atoms with Crippen LogP contribution in [0.2, 0.25) is 4.34 Å². The number of carbonyl (C=O) groups excluding carboxylic acids is 1. The second-order valence-corrected chi connectivity index (χ2v) is 5.67. The van der Waals surface area contributed by atoms with Gasteiger partial charge in [-0.2, -0.15) is 0 Å². The molecule has 0 saturated carbocycles. The second-order valence-electron chi connectivity index (χ2n) is 3.96. The molecule has 0 aliphatic heterocycles. The minimum atomic E-state index is -0.290. The first-order valence-corrected chi connectivity index (χ1v) is 6.97. The number of nitrogens with zero attached hydrogens (tertiary/aromatic N) is 1. The van der Waals surface area contributed by atoms with Crippen LogP contribution in [0.25, 0.3) is 0 Å². The molecule has 0 aliphatic carbocycles. The van der Waals surface area contributed by atoms with Crippen LogP contribution in [-0.2, 0) is 0 Å². The van der Waals surface area contributed by atoms with Gasteiger partial charge >= 0.3 is 0 Å². The minimum Gasteiger partial charge on any atom is -0.495 e. The van der Waals surface area contributed by atoms with Gasteiger partial charge in [-0.05, 0) is 30.3 Å². The van der Waals surface area contributed by atoms with Crippen LogP contribution in [0.4, 0.5) is 5.69 Å². The fourth-order valence-electron chi connectivity index (χ4n) is 1.63. The van der Waals surface area contributed by atoms with Crippen molar-refractivity contribution in [1.82, 2.24) is 0 Å². The summed E-state index contributed by atoms with van der Waals surface area (Å²) in [6.07, 6.45) is 0. The number of benzene rings is 1. The first-order chi connectivity index (χ1) is 10.0. The molecule has 0 saturated heterocycles. The first-order valence-electron chi connectivity index (χ1n) is 5.77. The fourth-order valence-corrected chi connectivity index (χ4v) is 2.57. The van der Waals surface area contributed by atoms with Crippen LogP contribution < -0.4 is 15.8 Å². The van der Waals surface area contributed by atoms with Gasteiger partial charge in [0, 0.05) is 5.56 Å². The van der Waals surface area contributed by atoms with Gasteiger partial charge in [-0.3, -0.25) is 4.79 Å². The van der Waals surface area contributed by atoms with Crippen LogP contribution in [0.5, 0.6) is 5.75 Å². The number of nitrogens with two attached hydrogens (primary N) is 1. The Morgan fingerprint density at radius 1 is 1.43 bits per heavy atom. The summed E-state index contributed by atoms with van der Waals surface area (Å²) in [5.74, 6) is 0.0630. The second kappa shape index (κ2) is 6.47. The Morgan fingerprint density at radius 3 is 2.76 bits per heavy atom. The lowest BCUT2D eigenvalue weighted by Crippen LogP contribution is -2.15. The Hall–Kier alpha value is -2.25. The predicted molar refractivity (Wildman–Crippen MR) is 82.8 cm³/mol. The van der Waals surface area contributed by atoms with E-state index in [4.69, 9.17) is 27.3 Å². The molecular formula is C13H12ClN3O3S. The molecule has 2 rings (SSSR count). The highest BCUT2D eigenvalue weighted by Gasteiger charge is 2.13. The number of amidine groups is 1. The molecule has 6 nitrogen and oxygen atoms in total. The molecular weight excluding hydrogens is 314 g/mol. The summed E-state index contributed by atoms with van der Waals surface area (Å²) in [6.45, 7) is 0. The van der Waals surface area contributed by atoms with Gasteiger partial charge in [-0.25, -0.2) is 0 Å². The smallest absolute Gasteiger partial charge is 0.265 e. The van der Waals surface area contributed by atoms with Gasteiger partial charge in [-0.1, -0.05) is 16.8 Å². The minimum absolute atomic E-state index is 0.0452. The molecule has 1 heterocycles. The molecule has 0 bridgehead atoms. The number of carbonyl (C=O) groups is 1. The van der Waals surface area contributed by atoms with Crippen molar-refractivity contribution in [1.29, 1.82) is 0 Å². The summed E-state index contributed by atoms with van der Waals surface area (Å²) in [7, 11) is 1.46. The molecule has 4 N–H and O–H groups in total. The third-order valence-electron chi connectivity index (χ3n) is 2.65. The van der Waals surface area contributed by atoms with Gasteiger partial charge in [0.2, 0.25) is 0 Å². The summed E-state index contributed by atoms with van der Waals surface area (Å²) in [5.41, 5.74) is 6.46. The molecule has 8 heteroatoms. The highest BCUT2D eigenvalue weighted by atomic mass is 35.5. The van der Waals surface area contributed by atoms with Crippen LogP contribution in [0, 0.1) is 0 Å². The molecule has 0 spiro atoms. The number of nitrogens with one attached hydrogen (secondary N) is 1. The molecule has 0 fully saturated rings. The number of rotatable bonds is 4. The van der Waals surface area contributed by atoms with Gasteiger partial charge in [0.25, 0.3) is 5.91 Å². The van der Waals surface area contributed by atoms with Gasteiger partial charge in [0.15, 0.2) is 5.84 Å². The molecule has 1 aromatic carbocycles. The average Bonchev–Trinajstić information content (AvgIpc) is 2.93. The Balaban J connectivity index is 2.26. The summed E-state index contributed by atoms with van der Waals surface area (Å²) >= 11 is 6.98. The van der Waals surface area contributed by atoms with Gasteiger partial charge in [-0.15, -0.1) is 11.3 Å². The number of thiophene rings is 1. The Kier molecular flexibility index (Phi) is 4.66. The number of ether oxygens (including phenoxy) is 1. The van der Waals surface area contributed by atoms with Crippen LogP contribution in [-0.4, -0.2) is 24.1 Å². The lowest BCUT2D eigenvalue weighted by molar-refractivity contribution is 0.103. The van der Waals surface area contributed by atoms with Crippen molar-refractivity contribution in [2.24, 2.45) is 10.9 Å². The van der Waals surface area contributed by atoms with E-state index in [2.05, 4.69) is 10.5 Å². The Morgan fingerprint density at radius 2 is 2.19 bits per heavy atom. The van der Waals surface area contributed by atoms with E-state index in [0.717, 1.165) is 0 Å². The van der Waals surface area contributed by atoms with E-state index in [1.807, 2.05) is 0 Å². The molecule has 0 radical (unpaired) electrons. The fraction of sp³-hybridized carbons (Fsp3) is 0.0769. The molecule has 1 amide bonds. The van der Waals surface area contributed by atoms with E-state index in [1.165, 1.54) is 18.4 Å². The van der Waals surface area contributed by atoms with E-state index < -0.39 is 0 Å². The van der Waals surface area contributed by atoms with E-state index in [-0.39, 0.29) is 11.7 Å². The molecule has 110 valence electrons. The zero-order valence-electron chi connectivity index (χ0n) is 11.0. The Labute approximate surface area is 129 Å². The van der Waals surface area contributed by atoms with Crippen molar-refractivity contribution in [2.45, 2.75) is 0 Å². The SMILES string of the molecule is COc1cc(/C(N)=N/O)ccc1NC(=O)c1ccc(Cl)s1. The molecule has 0 unspecified atom stereocenters. The number of hydrogen-bond donors (Lipinski definition) is 3.